The number of unbranched alkanes of at least 4 members (excludes halogenated alkanes) is 2. The Morgan fingerprint density at radius 3 is 2.63 bits per heavy atom. The number of nitrogens with one attached hydrogen (secondary N) is 1. The van der Waals surface area contributed by atoms with Gasteiger partial charge in [0.05, 0.1) is 0 Å². The van der Waals surface area contributed by atoms with Crippen molar-refractivity contribution in [2.24, 2.45) is 0 Å². The van der Waals surface area contributed by atoms with Gasteiger partial charge in [-0.25, -0.2) is 17.5 Å². The van der Waals surface area contributed by atoms with Crippen molar-refractivity contribution in [1.82, 2.24) is 4.72 Å². The van der Waals surface area contributed by atoms with Gasteiger partial charge < -0.3 is 10.8 Å². The number of aliphatic hydroxyl groups is 1. The van der Waals surface area contributed by atoms with Crippen LogP contribution in [0.25, 0.3) is 0 Å². The molecule has 0 spiro atoms. The molecule has 0 fully saturated rings. The Morgan fingerprint density at radius 2 is 2.00 bits per heavy atom. The maximum Gasteiger partial charge on any atom is 0.243 e. The summed E-state index contributed by atoms with van der Waals surface area (Å²) in [5.41, 5.74) is 5.70. The molecule has 1 rings (SSSR count). The van der Waals surface area contributed by atoms with Gasteiger partial charge in [0.25, 0.3) is 0 Å². The molecule has 0 aromatic heterocycles. The van der Waals surface area contributed by atoms with Crippen molar-refractivity contribution in [1.29, 1.82) is 0 Å². The average Bonchev–Trinajstić information content (AvgIpc) is 2.33. The molecular formula is C11H16BrFN2O3S. The number of nitrogens with two attached hydrogens (primary N) is 1. The highest BCUT2D eigenvalue weighted by atomic mass is 79.9. The summed E-state index contributed by atoms with van der Waals surface area (Å²) in [4.78, 5) is -0.463. The summed E-state index contributed by atoms with van der Waals surface area (Å²) in [6.07, 6.45) is 1.89. The lowest BCUT2D eigenvalue weighted by Gasteiger charge is -2.09. The minimum absolute atomic E-state index is 0.0740. The zero-order valence-electron chi connectivity index (χ0n) is 10.2. The van der Waals surface area contributed by atoms with Gasteiger partial charge in [-0.3, -0.25) is 0 Å². The quantitative estimate of drug-likeness (QED) is 0.512. The van der Waals surface area contributed by atoms with Gasteiger partial charge in [-0.05, 0) is 47.3 Å². The van der Waals surface area contributed by atoms with Gasteiger partial charge in [-0.15, -0.1) is 0 Å². The first-order valence-electron chi connectivity index (χ1n) is 5.73. The lowest BCUT2D eigenvalue weighted by molar-refractivity contribution is 0.283. The van der Waals surface area contributed by atoms with Gasteiger partial charge in [0.15, 0.2) is 0 Å². The maximum absolute atomic E-state index is 13.6. The molecule has 0 atom stereocenters. The zero-order chi connectivity index (χ0) is 14.5. The number of aliphatic hydroxyl groups excluding tert-OH is 1. The molecule has 0 radical (unpaired) electrons. The Hall–Kier alpha value is -0.700. The lowest BCUT2D eigenvalue weighted by atomic mass is 10.2. The summed E-state index contributed by atoms with van der Waals surface area (Å²) >= 11 is 3.02. The Labute approximate surface area is 120 Å². The van der Waals surface area contributed by atoms with Crippen molar-refractivity contribution in [3.63, 3.8) is 0 Å². The second kappa shape index (κ2) is 7.18. The Bertz CT molecular complexity index is 537. The fraction of sp³-hybridized carbons (Fsp3) is 0.455. The van der Waals surface area contributed by atoms with E-state index in [0.717, 1.165) is 12.1 Å². The van der Waals surface area contributed by atoms with Gasteiger partial charge in [-0.1, -0.05) is 0 Å². The summed E-state index contributed by atoms with van der Waals surface area (Å²) in [6.45, 7) is 0.266. The average molecular weight is 355 g/mol. The molecule has 5 nitrogen and oxygen atoms in total. The molecule has 108 valence electrons. The molecule has 0 amide bonds. The number of rotatable bonds is 7. The Kier molecular flexibility index (Phi) is 6.18. The van der Waals surface area contributed by atoms with Gasteiger partial charge in [0.1, 0.15) is 10.7 Å². The number of hydrogen-bond donors (Lipinski definition) is 3. The first kappa shape index (κ1) is 16.4. The van der Waals surface area contributed by atoms with E-state index in [4.69, 9.17) is 10.8 Å². The third-order valence-corrected chi connectivity index (χ3v) is 4.63. The first-order valence-corrected chi connectivity index (χ1v) is 8.01. The monoisotopic (exact) mass is 354 g/mol. The van der Waals surface area contributed by atoms with Crippen LogP contribution in [-0.2, 0) is 10.0 Å². The van der Waals surface area contributed by atoms with Crippen molar-refractivity contribution >= 4 is 31.6 Å². The predicted molar refractivity (Wildman–Crippen MR) is 74.6 cm³/mol. The molecule has 0 saturated carbocycles. The third kappa shape index (κ3) is 4.72. The van der Waals surface area contributed by atoms with Crippen LogP contribution in [0.3, 0.4) is 0 Å². The smallest absolute Gasteiger partial charge is 0.243 e. The van der Waals surface area contributed by atoms with E-state index in [1.807, 2.05) is 0 Å². The van der Waals surface area contributed by atoms with E-state index >= 15 is 0 Å². The van der Waals surface area contributed by atoms with Crippen LogP contribution in [0.5, 0.6) is 0 Å². The van der Waals surface area contributed by atoms with E-state index in [1.165, 1.54) is 0 Å². The molecule has 1 aromatic carbocycles. The molecule has 0 aliphatic rings. The van der Waals surface area contributed by atoms with Crippen LogP contribution in [0.4, 0.5) is 10.1 Å². The molecule has 0 aliphatic carbocycles. The lowest BCUT2D eigenvalue weighted by Crippen LogP contribution is -2.26. The normalized spacial score (nSPS) is 11.7. The molecule has 8 heteroatoms. The zero-order valence-corrected chi connectivity index (χ0v) is 12.6. The number of anilines is 1. The minimum Gasteiger partial charge on any atom is -0.398 e. The Balaban J connectivity index is 2.75. The fourth-order valence-corrected chi connectivity index (χ4v) is 2.93. The number of halogens is 2. The number of nitrogen functional groups attached to an aromatic ring is 1. The highest BCUT2D eigenvalue weighted by Crippen LogP contribution is 2.25. The summed E-state index contributed by atoms with van der Waals surface area (Å²) < 4.78 is 40.0. The van der Waals surface area contributed by atoms with Crippen LogP contribution in [0.15, 0.2) is 21.5 Å². The standard InChI is InChI=1S/C11H16BrFN2O3S/c12-8-6-9(13)11(7-10(8)14)19(17,18)15-4-2-1-3-5-16/h6-7,15-16H,1-5,14H2. The van der Waals surface area contributed by atoms with Crippen LogP contribution >= 0.6 is 15.9 Å². The predicted octanol–water partition coefficient (Wildman–Crippen LogP) is 1.61. The molecule has 0 unspecified atom stereocenters. The van der Waals surface area contributed by atoms with Crippen LogP contribution in [0, 0.1) is 5.82 Å². The highest BCUT2D eigenvalue weighted by molar-refractivity contribution is 9.10. The molecular weight excluding hydrogens is 339 g/mol. The van der Waals surface area contributed by atoms with Crippen molar-refractivity contribution in [3.05, 3.63) is 22.4 Å². The largest absolute Gasteiger partial charge is 0.398 e. The van der Waals surface area contributed by atoms with Crippen molar-refractivity contribution < 1.29 is 17.9 Å². The van der Waals surface area contributed by atoms with E-state index in [0.29, 0.717) is 23.7 Å². The summed E-state index contributed by atoms with van der Waals surface area (Å²) in [5, 5.41) is 8.59. The van der Waals surface area contributed by atoms with Crippen LogP contribution in [-0.4, -0.2) is 26.7 Å². The van der Waals surface area contributed by atoms with Crippen LogP contribution in [0.2, 0.25) is 0 Å². The van der Waals surface area contributed by atoms with E-state index < -0.39 is 20.7 Å². The number of sulfonamides is 1. The Morgan fingerprint density at radius 1 is 1.32 bits per heavy atom. The SMILES string of the molecule is Nc1cc(S(=O)(=O)NCCCCCO)c(F)cc1Br. The second-order valence-electron chi connectivity index (χ2n) is 3.99. The van der Waals surface area contributed by atoms with Gasteiger partial charge in [0, 0.05) is 23.3 Å². The van der Waals surface area contributed by atoms with E-state index in [-0.39, 0.29) is 18.8 Å². The molecule has 19 heavy (non-hydrogen) atoms. The fourth-order valence-electron chi connectivity index (χ4n) is 1.45. The maximum atomic E-state index is 13.6. The molecule has 1 aromatic rings. The highest BCUT2D eigenvalue weighted by Gasteiger charge is 2.20. The number of benzene rings is 1. The van der Waals surface area contributed by atoms with Gasteiger partial charge >= 0.3 is 0 Å². The molecule has 0 aliphatic heterocycles. The first-order chi connectivity index (χ1) is 8.88. The summed E-state index contributed by atoms with van der Waals surface area (Å²) in [7, 11) is -3.91. The van der Waals surface area contributed by atoms with E-state index in [1.54, 1.807) is 0 Å². The molecule has 0 bridgehead atoms. The molecule has 4 N–H and O–H groups in total. The topological polar surface area (TPSA) is 92.4 Å². The molecule has 0 heterocycles. The van der Waals surface area contributed by atoms with Gasteiger partial charge in [0.2, 0.25) is 10.0 Å². The van der Waals surface area contributed by atoms with Crippen molar-refractivity contribution in [2.45, 2.75) is 24.2 Å². The van der Waals surface area contributed by atoms with Crippen LogP contribution in [0.1, 0.15) is 19.3 Å². The van der Waals surface area contributed by atoms with Gasteiger partial charge in [-0.2, -0.15) is 0 Å². The van der Waals surface area contributed by atoms with Crippen molar-refractivity contribution in [3.8, 4) is 0 Å². The second-order valence-corrected chi connectivity index (χ2v) is 6.58. The van der Waals surface area contributed by atoms with Crippen molar-refractivity contribution in [2.75, 3.05) is 18.9 Å². The van der Waals surface area contributed by atoms with E-state index in [2.05, 4.69) is 20.7 Å². The minimum atomic E-state index is -3.91. The summed E-state index contributed by atoms with van der Waals surface area (Å²) in [5.74, 6) is -0.857. The third-order valence-electron chi connectivity index (χ3n) is 2.47. The van der Waals surface area contributed by atoms with Crippen LogP contribution < -0.4 is 10.5 Å². The summed E-state index contributed by atoms with van der Waals surface area (Å²) in [6, 6.07) is 2.10. The van der Waals surface area contributed by atoms with E-state index in [9.17, 15) is 12.8 Å². The molecule has 0 saturated heterocycles. The number of hydrogen-bond acceptors (Lipinski definition) is 4.